The average molecular weight is 698 g/mol. The van der Waals surface area contributed by atoms with Gasteiger partial charge in [-0.15, -0.1) is 24.9 Å². The van der Waals surface area contributed by atoms with Crippen LogP contribution in [0.2, 0.25) is 5.02 Å². The molecule has 3 aliphatic heterocycles. The fourth-order valence-corrected chi connectivity index (χ4v) is 11.2. The molecule has 2 bridgehead atoms. The van der Waals surface area contributed by atoms with Crippen LogP contribution < -0.4 is 4.90 Å². The molecule has 9 heteroatoms. The van der Waals surface area contributed by atoms with E-state index in [2.05, 4.69) is 20.1 Å². The minimum atomic E-state index is -0.939. The molecule has 3 unspecified atom stereocenters. The van der Waals surface area contributed by atoms with Crippen LogP contribution in [-0.4, -0.2) is 74.4 Å². The molecule has 7 atom stereocenters. The number of likely N-dealkylation sites (tertiary alicyclic amines) is 1. The predicted molar refractivity (Wildman–Crippen MR) is 197 cm³/mol. The van der Waals surface area contributed by atoms with E-state index < -0.39 is 28.7 Å². The van der Waals surface area contributed by atoms with E-state index in [-0.39, 0.29) is 42.0 Å². The van der Waals surface area contributed by atoms with Gasteiger partial charge in [0, 0.05) is 24.9 Å². The second-order valence-electron chi connectivity index (χ2n) is 13.5. The first-order valence-corrected chi connectivity index (χ1v) is 18.2. The van der Waals surface area contributed by atoms with Crippen LogP contribution in [0.5, 0.6) is 0 Å². The van der Waals surface area contributed by atoms with Crippen LogP contribution >= 0.6 is 23.4 Å². The summed E-state index contributed by atoms with van der Waals surface area (Å²) in [6.07, 6.45) is 4.44. The van der Waals surface area contributed by atoms with Crippen molar-refractivity contribution in [2.24, 2.45) is 17.8 Å². The average Bonchev–Trinajstić information content (AvgIpc) is 3.70. The number of halogens is 1. The third-order valence-corrected chi connectivity index (χ3v) is 12.9. The van der Waals surface area contributed by atoms with Gasteiger partial charge in [0.05, 0.1) is 39.9 Å². The van der Waals surface area contributed by atoms with Crippen LogP contribution in [0.15, 0.2) is 104 Å². The smallest absolute Gasteiger partial charge is 0.251 e. The molecular weight excluding hydrogens is 654 g/mol. The number of aliphatic hydroxyl groups excluding tert-OH is 1. The Bertz CT molecular complexity index is 1700. The molecule has 49 heavy (non-hydrogen) atoms. The summed E-state index contributed by atoms with van der Waals surface area (Å²) < 4.78 is -0.884. The van der Waals surface area contributed by atoms with E-state index in [9.17, 15) is 9.90 Å². The molecule has 3 aromatic rings. The van der Waals surface area contributed by atoms with Gasteiger partial charge in [-0.3, -0.25) is 14.4 Å². The fourth-order valence-electron chi connectivity index (χ4n) is 8.49. The maximum absolute atomic E-state index is 15.3. The number of amides is 3. The first kappa shape index (κ1) is 35.0. The van der Waals surface area contributed by atoms with Gasteiger partial charge in [-0.05, 0) is 48.4 Å². The number of carbonyl (C=O) groups excluding carboxylic acids is 3. The summed E-state index contributed by atoms with van der Waals surface area (Å²) in [6, 6.07) is 23.4. The Hall–Kier alpha value is -3.85. The molecule has 0 saturated carbocycles. The number of para-hydroxylation sites is 1. The zero-order valence-corrected chi connectivity index (χ0v) is 29.7. The number of benzene rings is 3. The molecule has 3 heterocycles. The summed E-state index contributed by atoms with van der Waals surface area (Å²) in [5.41, 5.74) is 3.32. The predicted octanol–water partition coefficient (Wildman–Crippen LogP) is 6.32. The second kappa shape index (κ2) is 14.6. The highest BCUT2D eigenvalue weighted by molar-refractivity contribution is 8.02. The van der Waals surface area contributed by atoms with Gasteiger partial charge in [-0.1, -0.05) is 103 Å². The van der Waals surface area contributed by atoms with Crippen molar-refractivity contribution in [1.29, 1.82) is 0 Å². The zero-order valence-electron chi connectivity index (χ0n) is 28.1. The highest BCUT2D eigenvalue weighted by atomic mass is 35.5. The number of carbonyl (C=O) groups is 3. The van der Waals surface area contributed by atoms with Gasteiger partial charge >= 0.3 is 0 Å². The molecule has 0 radical (unpaired) electrons. The normalized spacial score (nSPS) is 25.9. The summed E-state index contributed by atoms with van der Waals surface area (Å²) in [7, 11) is 0. The molecule has 0 aromatic heterocycles. The van der Waals surface area contributed by atoms with Crippen LogP contribution in [0.3, 0.4) is 0 Å². The molecule has 6 rings (SSSR count). The number of fused-ring (bicyclic) bond motifs is 1. The Labute approximate surface area is 298 Å². The van der Waals surface area contributed by atoms with Crippen LogP contribution in [0, 0.1) is 24.7 Å². The number of anilines is 1. The Balaban J connectivity index is 1.47. The summed E-state index contributed by atoms with van der Waals surface area (Å²) in [6.45, 7) is 12.5. The lowest BCUT2D eigenvalue weighted by Crippen LogP contribution is -2.60. The van der Waals surface area contributed by atoms with E-state index in [1.165, 1.54) is 0 Å². The summed E-state index contributed by atoms with van der Waals surface area (Å²) in [5, 5.41) is 11.3. The SMILES string of the molecule is C=CCN(Cc1ccccc1)C(=O)[C@@H]1[C@@H]2CC(C)C3(S2)C(C(=O)N(CC=C)c2c(C)cccc2Cl)N([C@@H](CO)Cc2ccccc2)C(=O)[C@H]13. The lowest BCUT2D eigenvalue weighted by atomic mass is 9.65. The number of rotatable bonds is 13. The number of hydrogen-bond donors (Lipinski definition) is 1. The molecule has 3 aromatic carbocycles. The van der Waals surface area contributed by atoms with Gasteiger partial charge in [0.2, 0.25) is 11.8 Å². The molecule has 3 saturated heterocycles. The molecule has 256 valence electrons. The standard InChI is InChI=1S/C40H44ClN3O4S/c1-5-20-42(24-29-17-11-8-12-18-29)37(46)33-32-22-27(4)40(49-32)34(33)38(47)44(30(25-45)23-28-15-9-7-10-16-28)36(40)39(48)43(21-6-2)35-26(3)14-13-19-31(35)41/h5-19,27,30,32-34,36,45H,1-2,20-25H2,3-4H3/t27?,30-,32+,33-,34+,36?,40?/m1/s1. The van der Waals surface area contributed by atoms with Crippen LogP contribution in [-0.2, 0) is 27.3 Å². The van der Waals surface area contributed by atoms with Crippen LogP contribution in [0.25, 0.3) is 0 Å². The van der Waals surface area contributed by atoms with Gasteiger partial charge in [-0.2, -0.15) is 0 Å². The largest absolute Gasteiger partial charge is 0.394 e. The fraction of sp³-hybridized carbons (Fsp3) is 0.375. The number of thioether (sulfide) groups is 1. The number of nitrogens with zero attached hydrogens (tertiary/aromatic N) is 3. The van der Waals surface area contributed by atoms with Gasteiger partial charge in [0.15, 0.2) is 0 Å². The monoisotopic (exact) mass is 697 g/mol. The van der Waals surface area contributed by atoms with Gasteiger partial charge in [-0.25, -0.2) is 0 Å². The topological polar surface area (TPSA) is 81.2 Å². The van der Waals surface area contributed by atoms with E-state index in [0.29, 0.717) is 36.6 Å². The van der Waals surface area contributed by atoms with E-state index in [1.807, 2.05) is 79.7 Å². The van der Waals surface area contributed by atoms with E-state index in [4.69, 9.17) is 11.6 Å². The lowest BCUT2D eigenvalue weighted by Gasteiger charge is -2.42. The van der Waals surface area contributed by atoms with Crippen LogP contribution in [0.4, 0.5) is 5.69 Å². The summed E-state index contributed by atoms with van der Waals surface area (Å²) >= 11 is 8.40. The van der Waals surface area contributed by atoms with Crippen molar-refractivity contribution in [3.05, 3.63) is 126 Å². The highest BCUT2D eigenvalue weighted by Gasteiger charge is 2.77. The van der Waals surface area contributed by atoms with Gasteiger partial charge < -0.3 is 19.8 Å². The van der Waals surface area contributed by atoms with Crippen molar-refractivity contribution >= 4 is 46.8 Å². The maximum Gasteiger partial charge on any atom is 0.251 e. The first-order valence-electron chi connectivity index (χ1n) is 16.9. The molecule has 3 aliphatic rings. The van der Waals surface area contributed by atoms with E-state index in [1.54, 1.807) is 44.7 Å². The molecule has 3 amide bonds. The van der Waals surface area contributed by atoms with Crippen molar-refractivity contribution < 1.29 is 19.5 Å². The van der Waals surface area contributed by atoms with Crippen molar-refractivity contribution in [2.75, 3.05) is 24.6 Å². The molecular formula is C40H44ClN3O4S. The number of hydrogen-bond acceptors (Lipinski definition) is 5. The van der Waals surface area contributed by atoms with Gasteiger partial charge in [0.25, 0.3) is 5.91 Å². The first-order chi connectivity index (χ1) is 23.7. The minimum Gasteiger partial charge on any atom is -0.394 e. The maximum atomic E-state index is 15.3. The third-order valence-electron chi connectivity index (χ3n) is 10.5. The molecule has 7 nitrogen and oxygen atoms in total. The van der Waals surface area contributed by atoms with Crippen LogP contribution in [0.1, 0.15) is 30.0 Å². The number of aliphatic hydroxyl groups is 1. The molecule has 0 aliphatic carbocycles. The van der Waals surface area contributed by atoms with Gasteiger partial charge in [0.1, 0.15) is 6.04 Å². The Morgan fingerprint density at radius 1 is 1.00 bits per heavy atom. The molecule has 1 N–H and O–H groups in total. The van der Waals surface area contributed by atoms with Crippen molar-refractivity contribution in [2.45, 2.75) is 55.3 Å². The summed E-state index contributed by atoms with van der Waals surface area (Å²) in [5.74, 6) is -2.03. The minimum absolute atomic E-state index is 0.0459. The van der Waals surface area contributed by atoms with Crippen molar-refractivity contribution in [3.8, 4) is 0 Å². The number of aryl methyl sites for hydroxylation is 1. The van der Waals surface area contributed by atoms with Crippen molar-refractivity contribution in [3.63, 3.8) is 0 Å². The summed E-state index contributed by atoms with van der Waals surface area (Å²) in [4.78, 5) is 50.2. The third kappa shape index (κ3) is 6.13. The zero-order chi connectivity index (χ0) is 34.9. The Morgan fingerprint density at radius 2 is 1.65 bits per heavy atom. The second-order valence-corrected chi connectivity index (χ2v) is 15.4. The Morgan fingerprint density at radius 3 is 2.27 bits per heavy atom. The Kier molecular flexibility index (Phi) is 10.4. The van der Waals surface area contributed by atoms with E-state index in [0.717, 1.165) is 16.7 Å². The lowest BCUT2D eigenvalue weighted by molar-refractivity contribution is -0.145. The quantitative estimate of drug-likeness (QED) is 0.212. The molecule has 3 fully saturated rings. The highest BCUT2D eigenvalue weighted by Crippen LogP contribution is 2.69. The molecule has 1 spiro atoms. The van der Waals surface area contributed by atoms with E-state index >= 15 is 9.59 Å². The van der Waals surface area contributed by atoms with Crippen molar-refractivity contribution in [1.82, 2.24) is 9.80 Å².